The SMILES string of the molecule is CCC(CC)c1cccc2c1[N]C(=O)N2. The minimum Gasteiger partial charge on any atom is -0.304 e. The van der Waals surface area contributed by atoms with E-state index in [1.807, 2.05) is 12.1 Å². The summed E-state index contributed by atoms with van der Waals surface area (Å²) < 4.78 is 0. The smallest absolute Gasteiger partial charge is 0.304 e. The maximum Gasteiger partial charge on any atom is 0.346 e. The number of nitrogens with zero attached hydrogens (tertiary/aromatic N) is 1. The predicted octanol–water partition coefficient (Wildman–Crippen LogP) is 3.37. The molecule has 0 saturated carbocycles. The second-order valence-electron chi connectivity index (χ2n) is 3.80. The summed E-state index contributed by atoms with van der Waals surface area (Å²) in [7, 11) is 0. The fraction of sp³-hybridized carbons (Fsp3) is 0.417. The third-order valence-corrected chi connectivity index (χ3v) is 2.95. The molecule has 2 rings (SSSR count). The molecule has 0 aromatic heterocycles. The molecular formula is C12H15N2O. The fourth-order valence-corrected chi connectivity index (χ4v) is 2.09. The van der Waals surface area contributed by atoms with Crippen molar-refractivity contribution >= 4 is 17.4 Å². The normalized spacial score (nSPS) is 13.7. The van der Waals surface area contributed by atoms with Crippen molar-refractivity contribution in [2.24, 2.45) is 0 Å². The molecule has 2 amide bonds. The first-order valence-electron chi connectivity index (χ1n) is 5.41. The van der Waals surface area contributed by atoms with E-state index in [4.69, 9.17) is 0 Å². The lowest BCUT2D eigenvalue weighted by molar-refractivity contribution is 0.256. The summed E-state index contributed by atoms with van der Waals surface area (Å²) in [4.78, 5) is 11.2. The molecule has 1 N–H and O–H groups in total. The van der Waals surface area contributed by atoms with Gasteiger partial charge in [-0.1, -0.05) is 26.0 Å². The standard InChI is InChI=1S/C12H15N2O/c1-3-8(4-2)9-6-5-7-10-11(9)14-12(15)13-10/h5-8H,3-4H2,1-2H3,(H,13,15). The van der Waals surface area contributed by atoms with Crippen LogP contribution in [0.5, 0.6) is 0 Å². The van der Waals surface area contributed by atoms with E-state index in [1.54, 1.807) is 0 Å². The van der Waals surface area contributed by atoms with Crippen LogP contribution in [0.4, 0.5) is 16.2 Å². The summed E-state index contributed by atoms with van der Waals surface area (Å²) in [5.41, 5.74) is 2.89. The van der Waals surface area contributed by atoms with Gasteiger partial charge in [0, 0.05) is 0 Å². The lowest BCUT2D eigenvalue weighted by Gasteiger charge is -2.15. The zero-order valence-electron chi connectivity index (χ0n) is 9.08. The molecule has 1 aliphatic heterocycles. The Bertz CT molecular complexity index is 383. The van der Waals surface area contributed by atoms with E-state index in [0.29, 0.717) is 5.92 Å². The summed E-state index contributed by atoms with van der Waals surface area (Å²) in [6, 6.07) is 5.70. The van der Waals surface area contributed by atoms with Gasteiger partial charge in [0.1, 0.15) is 0 Å². The Balaban J connectivity index is 2.41. The Hall–Kier alpha value is -1.51. The first kappa shape index (κ1) is 10.0. The van der Waals surface area contributed by atoms with E-state index in [1.165, 1.54) is 5.56 Å². The van der Waals surface area contributed by atoms with Gasteiger partial charge in [-0.15, -0.1) is 0 Å². The maximum absolute atomic E-state index is 11.2. The van der Waals surface area contributed by atoms with E-state index in [9.17, 15) is 4.79 Å². The maximum atomic E-state index is 11.2. The number of urea groups is 1. The Labute approximate surface area is 89.9 Å². The molecule has 1 aromatic carbocycles. The van der Waals surface area contributed by atoms with E-state index in [0.717, 1.165) is 24.2 Å². The molecular weight excluding hydrogens is 188 g/mol. The highest BCUT2D eigenvalue weighted by Gasteiger charge is 2.24. The summed E-state index contributed by atoms with van der Waals surface area (Å²) in [6.07, 6.45) is 2.16. The molecule has 15 heavy (non-hydrogen) atoms. The zero-order chi connectivity index (χ0) is 10.8. The molecule has 1 aromatic rings. The third-order valence-electron chi connectivity index (χ3n) is 2.95. The summed E-state index contributed by atoms with van der Waals surface area (Å²) in [6.45, 7) is 4.33. The minimum atomic E-state index is -0.247. The molecule has 0 spiro atoms. The molecule has 0 atom stereocenters. The quantitative estimate of drug-likeness (QED) is 0.804. The molecule has 3 heteroatoms. The topological polar surface area (TPSA) is 43.2 Å². The van der Waals surface area contributed by atoms with Crippen molar-refractivity contribution < 1.29 is 4.79 Å². The van der Waals surface area contributed by atoms with Gasteiger partial charge >= 0.3 is 6.03 Å². The number of rotatable bonds is 3. The number of anilines is 1. The Morgan fingerprint density at radius 1 is 1.33 bits per heavy atom. The molecule has 1 radical (unpaired) electrons. The van der Waals surface area contributed by atoms with Gasteiger partial charge < -0.3 is 5.32 Å². The largest absolute Gasteiger partial charge is 0.346 e. The zero-order valence-corrected chi connectivity index (χ0v) is 9.08. The molecule has 0 saturated heterocycles. The lowest BCUT2D eigenvalue weighted by atomic mass is 9.92. The molecule has 0 aliphatic carbocycles. The van der Waals surface area contributed by atoms with Crippen molar-refractivity contribution in [3.8, 4) is 0 Å². The van der Waals surface area contributed by atoms with E-state index < -0.39 is 0 Å². The van der Waals surface area contributed by atoms with Crippen LogP contribution < -0.4 is 10.6 Å². The fourth-order valence-electron chi connectivity index (χ4n) is 2.09. The molecule has 1 aliphatic rings. The highest BCUT2D eigenvalue weighted by atomic mass is 16.2. The Kier molecular flexibility index (Phi) is 2.62. The van der Waals surface area contributed by atoms with Crippen LogP contribution in [0, 0.1) is 0 Å². The van der Waals surface area contributed by atoms with Crippen molar-refractivity contribution in [2.75, 3.05) is 5.32 Å². The van der Waals surface area contributed by atoms with Gasteiger partial charge in [-0.3, -0.25) is 0 Å². The van der Waals surface area contributed by atoms with Gasteiger partial charge in [-0.05, 0) is 30.4 Å². The van der Waals surface area contributed by atoms with Crippen LogP contribution in [0.3, 0.4) is 0 Å². The van der Waals surface area contributed by atoms with Gasteiger partial charge in [-0.25, -0.2) is 4.79 Å². The van der Waals surface area contributed by atoms with Crippen molar-refractivity contribution in [3.63, 3.8) is 0 Å². The summed E-state index contributed by atoms with van der Waals surface area (Å²) in [5, 5.41) is 6.75. The number of carbonyl (C=O) groups excluding carboxylic acids is 1. The first-order chi connectivity index (χ1) is 7.26. The third kappa shape index (κ3) is 1.69. The second kappa shape index (κ2) is 3.93. The van der Waals surface area contributed by atoms with Crippen molar-refractivity contribution in [2.45, 2.75) is 32.6 Å². The Morgan fingerprint density at radius 3 is 2.73 bits per heavy atom. The van der Waals surface area contributed by atoms with Crippen LogP contribution in [0.15, 0.2) is 18.2 Å². The van der Waals surface area contributed by atoms with Crippen LogP contribution in [0.1, 0.15) is 38.2 Å². The summed E-state index contributed by atoms with van der Waals surface area (Å²) >= 11 is 0. The van der Waals surface area contributed by atoms with Crippen molar-refractivity contribution in [1.82, 2.24) is 5.32 Å². The summed E-state index contributed by atoms with van der Waals surface area (Å²) in [5.74, 6) is 0.497. The van der Waals surface area contributed by atoms with E-state index in [2.05, 4.69) is 30.5 Å². The van der Waals surface area contributed by atoms with Gasteiger partial charge in [-0.2, -0.15) is 5.32 Å². The monoisotopic (exact) mass is 203 g/mol. The predicted molar refractivity (Wildman–Crippen MR) is 60.6 cm³/mol. The van der Waals surface area contributed by atoms with Gasteiger partial charge in [0.25, 0.3) is 0 Å². The number of fused-ring (bicyclic) bond motifs is 1. The molecule has 0 bridgehead atoms. The molecule has 3 nitrogen and oxygen atoms in total. The highest BCUT2D eigenvalue weighted by Crippen LogP contribution is 2.37. The number of hydrogen-bond donors (Lipinski definition) is 1. The van der Waals surface area contributed by atoms with E-state index in [-0.39, 0.29) is 6.03 Å². The van der Waals surface area contributed by atoms with Crippen LogP contribution in [-0.2, 0) is 0 Å². The number of amides is 2. The van der Waals surface area contributed by atoms with Gasteiger partial charge in [0.05, 0.1) is 11.4 Å². The average molecular weight is 203 g/mol. The number of para-hydroxylation sites is 1. The van der Waals surface area contributed by atoms with Crippen LogP contribution in [-0.4, -0.2) is 6.03 Å². The minimum absolute atomic E-state index is 0.247. The van der Waals surface area contributed by atoms with Gasteiger partial charge in [0.15, 0.2) is 0 Å². The molecule has 79 valence electrons. The lowest BCUT2D eigenvalue weighted by Crippen LogP contribution is -2.09. The number of nitrogens with one attached hydrogen (secondary N) is 1. The number of carbonyl (C=O) groups is 1. The highest BCUT2D eigenvalue weighted by molar-refractivity contribution is 6.03. The first-order valence-corrected chi connectivity index (χ1v) is 5.41. The number of benzene rings is 1. The molecule has 0 fully saturated rings. The van der Waals surface area contributed by atoms with Crippen LogP contribution >= 0.6 is 0 Å². The second-order valence-corrected chi connectivity index (χ2v) is 3.80. The average Bonchev–Trinajstić information content (AvgIpc) is 2.61. The van der Waals surface area contributed by atoms with Crippen LogP contribution in [0.25, 0.3) is 0 Å². The van der Waals surface area contributed by atoms with Crippen molar-refractivity contribution in [3.05, 3.63) is 23.8 Å². The van der Waals surface area contributed by atoms with Crippen LogP contribution in [0.2, 0.25) is 0 Å². The van der Waals surface area contributed by atoms with Gasteiger partial charge in [0.2, 0.25) is 0 Å². The Morgan fingerprint density at radius 2 is 2.07 bits per heavy atom. The molecule has 0 unspecified atom stereocenters. The van der Waals surface area contributed by atoms with Crippen molar-refractivity contribution in [1.29, 1.82) is 0 Å². The number of hydrogen-bond acceptors (Lipinski definition) is 1. The molecule has 1 heterocycles. The van der Waals surface area contributed by atoms with E-state index >= 15 is 0 Å².